The van der Waals surface area contributed by atoms with Crippen molar-refractivity contribution < 1.29 is 31.8 Å². The van der Waals surface area contributed by atoms with Gasteiger partial charge < -0.3 is 0 Å². The van der Waals surface area contributed by atoms with Gasteiger partial charge in [0.2, 0.25) is 0 Å². The number of rotatable bonds is 0. The van der Waals surface area contributed by atoms with Gasteiger partial charge in [-0.05, 0) is 24.2 Å². The fraction of sp³-hybridized carbons (Fsp3) is 0.250. The summed E-state index contributed by atoms with van der Waals surface area (Å²) in [6, 6.07) is -7.02. The highest BCUT2D eigenvalue weighted by Crippen LogP contribution is 2.33. The van der Waals surface area contributed by atoms with Crippen molar-refractivity contribution in [2.75, 3.05) is 0 Å². The highest BCUT2D eigenvalue weighted by molar-refractivity contribution is 5.26. The Kier molecular flexibility index (Phi) is 1.43. The zero-order valence-electron chi connectivity index (χ0n) is 10.3. The molecule has 0 bridgehead atoms. The van der Waals surface area contributed by atoms with Crippen molar-refractivity contribution in [3.05, 3.63) is 35.3 Å². The molecule has 0 heterocycles. The van der Waals surface area contributed by atoms with Gasteiger partial charge in [-0.2, -0.15) is 26.3 Å². The van der Waals surface area contributed by atoms with Crippen molar-refractivity contribution in [2.45, 2.75) is 12.4 Å². The molecular weight excluding hydrogens is 210 g/mol. The lowest BCUT2D eigenvalue weighted by Gasteiger charge is -2.09. The molecule has 1 aromatic rings. The van der Waals surface area contributed by atoms with Crippen molar-refractivity contribution in [1.82, 2.24) is 0 Å². The van der Waals surface area contributed by atoms with Crippen LogP contribution in [0.15, 0.2) is 24.2 Å². The van der Waals surface area contributed by atoms with Crippen LogP contribution in [0.2, 0.25) is 0 Å². The molecule has 0 nitrogen and oxygen atoms in total. The smallest absolute Gasteiger partial charge is 0.166 e. The van der Waals surface area contributed by atoms with Crippen LogP contribution in [0.4, 0.5) is 26.3 Å². The van der Waals surface area contributed by atoms with Crippen LogP contribution in [-0.2, 0) is 12.4 Å². The molecule has 0 radical (unpaired) electrons. The lowest BCUT2D eigenvalue weighted by molar-refractivity contribution is -0.141. The van der Waals surface area contributed by atoms with Gasteiger partial charge in [0.25, 0.3) is 0 Å². The molecule has 1 aromatic carbocycles. The van der Waals surface area contributed by atoms with Crippen LogP contribution in [0.3, 0.4) is 0 Å². The quantitative estimate of drug-likeness (QED) is 0.582. The Morgan fingerprint density at radius 3 is 1.07 bits per heavy atom. The molecule has 0 fully saturated rings. The first-order chi connectivity index (χ1) is 7.89. The highest BCUT2D eigenvalue weighted by atomic mass is 19.4. The molecule has 0 aliphatic heterocycles. The molecule has 0 aliphatic rings. The minimum absolute atomic E-state index is 1.75. The molecule has 0 aliphatic carbocycles. The summed E-state index contributed by atoms with van der Waals surface area (Å²) in [5, 5.41) is 0. The topological polar surface area (TPSA) is 0 Å². The maximum atomic E-state index is 12.4. The van der Waals surface area contributed by atoms with Gasteiger partial charge in [-0.25, -0.2) is 0 Å². The van der Waals surface area contributed by atoms with Gasteiger partial charge in [-0.1, -0.05) is 0 Å². The van der Waals surface area contributed by atoms with Gasteiger partial charge in [0, 0.05) is 0 Å². The Bertz CT molecular complexity index is 416. The normalized spacial score (nSPS) is 17.0. The predicted octanol–water partition coefficient (Wildman–Crippen LogP) is 3.72. The van der Waals surface area contributed by atoms with Crippen LogP contribution in [0, 0.1) is 0 Å². The average molecular weight is 218 g/mol. The molecule has 0 saturated heterocycles. The van der Waals surface area contributed by atoms with Crippen LogP contribution >= 0.6 is 0 Å². The first kappa shape index (κ1) is 6.31. The third kappa shape index (κ3) is 2.40. The second kappa shape index (κ2) is 3.18. The van der Waals surface area contributed by atoms with E-state index < -0.39 is 47.6 Å². The summed E-state index contributed by atoms with van der Waals surface area (Å²) in [6.07, 6.45) is -10.5. The van der Waals surface area contributed by atoms with Crippen LogP contribution in [0.25, 0.3) is 0 Å². The molecule has 0 N–H and O–H groups in total. The van der Waals surface area contributed by atoms with E-state index >= 15 is 0 Å². The molecule has 0 saturated carbocycles. The van der Waals surface area contributed by atoms with Crippen LogP contribution < -0.4 is 0 Å². The zero-order chi connectivity index (χ0) is 14.5. The molecule has 6 heteroatoms. The van der Waals surface area contributed by atoms with Gasteiger partial charge in [-0.15, -0.1) is 0 Å². The predicted molar refractivity (Wildman–Crippen MR) is 36.4 cm³/mol. The average Bonchev–Trinajstić information content (AvgIpc) is 2.10. The molecule has 0 atom stereocenters. The van der Waals surface area contributed by atoms with Gasteiger partial charge in [0.05, 0.1) is 16.6 Å². The van der Waals surface area contributed by atoms with E-state index in [2.05, 4.69) is 0 Å². The molecule has 1 rings (SSSR count). The minimum atomic E-state index is -5.26. The van der Waals surface area contributed by atoms with Gasteiger partial charge in [-0.3, -0.25) is 0 Å². The van der Waals surface area contributed by atoms with E-state index in [1.54, 1.807) is 0 Å². The van der Waals surface area contributed by atoms with E-state index in [1.807, 2.05) is 0 Å². The lowest BCUT2D eigenvalue weighted by Crippen LogP contribution is -2.08. The molecule has 0 spiro atoms. The fourth-order valence-electron chi connectivity index (χ4n) is 0.596. The van der Waals surface area contributed by atoms with E-state index in [0.29, 0.717) is 0 Å². The fourth-order valence-corrected chi connectivity index (χ4v) is 0.596. The number of hydrogen-bond acceptors (Lipinski definition) is 0. The summed E-state index contributed by atoms with van der Waals surface area (Å²) in [5.41, 5.74) is -4.02. The standard InChI is InChI=1S/C8H4F6/c9-7(10,11)5-1-2-6(4-3-5)8(12,13)14/h1-4H/i1D,2D,3D,4D. The summed E-state index contributed by atoms with van der Waals surface area (Å²) < 4.78 is 102. The molecule has 0 unspecified atom stereocenters. The monoisotopic (exact) mass is 218 g/mol. The van der Waals surface area contributed by atoms with Gasteiger partial charge >= 0.3 is 12.4 Å². The van der Waals surface area contributed by atoms with Crippen LogP contribution in [0.5, 0.6) is 0 Å². The van der Waals surface area contributed by atoms with Crippen molar-refractivity contribution in [3.8, 4) is 0 Å². The lowest BCUT2D eigenvalue weighted by atomic mass is 10.1. The number of benzene rings is 1. The van der Waals surface area contributed by atoms with Crippen LogP contribution in [0.1, 0.15) is 16.6 Å². The molecule has 14 heavy (non-hydrogen) atoms. The maximum Gasteiger partial charge on any atom is 0.416 e. The summed E-state index contributed by atoms with van der Waals surface area (Å²) in [7, 11) is 0. The van der Waals surface area contributed by atoms with E-state index in [0.717, 1.165) is 0 Å². The first-order valence-corrected chi connectivity index (χ1v) is 3.13. The Balaban J connectivity index is 3.79. The minimum Gasteiger partial charge on any atom is -0.166 e. The third-order valence-electron chi connectivity index (χ3n) is 1.19. The van der Waals surface area contributed by atoms with E-state index in [4.69, 9.17) is 5.48 Å². The highest BCUT2D eigenvalue weighted by Gasteiger charge is 2.33. The summed E-state index contributed by atoms with van der Waals surface area (Å²) in [6.45, 7) is 0. The number of alkyl halides is 6. The van der Waals surface area contributed by atoms with Gasteiger partial charge in [0.1, 0.15) is 0 Å². The Hall–Kier alpha value is -1.20. The first-order valence-electron chi connectivity index (χ1n) is 5.13. The van der Waals surface area contributed by atoms with E-state index in [9.17, 15) is 26.3 Å². The Morgan fingerprint density at radius 1 is 0.714 bits per heavy atom. The number of halogens is 6. The largest absolute Gasteiger partial charge is 0.416 e. The van der Waals surface area contributed by atoms with Crippen LogP contribution in [-0.4, -0.2) is 0 Å². The summed E-state index contributed by atoms with van der Waals surface area (Å²) in [5.74, 6) is 0. The molecule has 0 aromatic heterocycles. The third-order valence-corrected chi connectivity index (χ3v) is 1.19. The maximum absolute atomic E-state index is 12.4. The summed E-state index contributed by atoms with van der Waals surface area (Å²) in [4.78, 5) is 0. The van der Waals surface area contributed by atoms with E-state index in [-0.39, 0.29) is 0 Å². The van der Waals surface area contributed by atoms with Crippen molar-refractivity contribution in [1.29, 1.82) is 0 Å². The van der Waals surface area contributed by atoms with Crippen molar-refractivity contribution in [2.24, 2.45) is 0 Å². The Labute approximate surface area is 80.8 Å². The Morgan fingerprint density at radius 2 is 0.929 bits per heavy atom. The molecular formula is C8H4F6. The summed E-state index contributed by atoms with van der Waals surface area (Å²) >= 11 is 0. The van der Waals surface area contributed by atoms with Crippen molar-refractivity contribution >= 4 is 0 Å². The second-order valence-corrected chi connectivity index (χ2v) is 2.25. The van der Waals surface area contributed by atoms with E-state index in [1.165, 1.54) is 0 Å². The molecule has 78 valence electrons. The van der Waals surface area contributed by atoms with Crippen molar-refractivity contribution in [3.63, 3.8) is 0 Å². The molecule has 0 amide bonds. The number of hydrogen-bond donors (Lipinski definition) is 0. The zero-order valence-corrected chi connectivity index (χ0v) is 6.27. The second-order valence-electron chi connectivity index (χ2n) is 2.25. The van der Waals surface area contributed by atoms with Gasteiger partial charge in [0.15, 0.2) is 0 Å². The SMILES string of the molecule is [2H]c1c([2H])c(C(F)(F)F)c([2H])c([2H])c1C(F)(F)F.